The minimum absolute atomic E-state index is 0.108. The van der Waals surface area contributed by atoms with Crippen LogP contribution in [0, 0.1) is 21.4 Å². The summed E-state index contributed by atoms with van der Waals surface area (Å²) in [5.74, 6) is 0. The van der Waals surface area contributed by atoms with Gasteiger partial charge in [0.25, 0.3) is 5.69 Å². The van der Waals surface area contributed by atoms with Gasteiger partial charge in [-0.1, -0.05) is 0 Å². The maximum Gasteiger partial charge on any atom is 0.289 e. The molecule has 0 aromatic heterocycles. The maximum atomic E-state index is 10.9. The summed E-state index contributed by atoms with van der Waals surface area (Å²) in [5, 5.41) is 19.8. The zero-order valence-electron chi connectivity index (χ0n) is 11.0. The number of anilines is 1. The first-order valence-corrected chi connectivity index (χ1v) is 6.13. The molecule has 1 aliphatic rings. The van der Waals surface area contributed by atoms with Gasteiger partial charge in [-0.2, -0.15) is 5.26 Å². The molecule has 0 spiro atoms. The smallest absolute Gasteiger partial charge is 0.289 e. The Kier molecular flexibility index (Phi) is 3.67. The second-order valence-electron chi connectivity index (χ2n) is 4.92. The van der Waals surface area contributed by atoms with E-state index in [0.717, 1.165) is 25.2 Å². The minimum Gasteiger partial charge on any atom is -0.370 e. The third-order valence-corrected chi connectivity index (χ3v) is 3.56. The molecule has 6 heteroatoms. The van der Waals surface area contributed by atoms with Gasteiger partial charge in [0, 0.05) is 30.9 Å². The number of hydrogen-bond donors (Lipinski definition) is 0. The van der Waals surface area contributed by atoms with E-state index in [1.54, 1.807) is 6.07 Å². The van der Waals surface area contributed by atoms with Crippen molar-refractivity contribution < 1.29 is 4.92 Å². The second-order valence-corrected chi connectivity index (χ2v) is 4.92. The highest BCUT2D eigenvalue weighted by atomic mass is 16.6. The van der Waals surface area contributed by atoms with Gasteiger partial charge in [0.1, 0.15) is 11.6 Å². The maximum absolute atomic E-state index is 10.9. The first-order valence-electron chi connectivity index (χ1n) is 6.13. The SMILES string of the molecule is CN(C)C1CCN(c2ccc(C#N)c([N+](=O)[O-])c2)C1. The summed E-state index contributed by atoms with van der Waals surface area (Å²) in [6, 6.07) is 7.12. The van der Waals surface area contributed by atoms with Crippen LogP contribution in [0.4, 0.5) is 11.4 Å². The monoisotopic (exact) mass is 260 g/mol. The van der Waals surface area contributed by atoms with Crippen LogP contribution < -0.4 is 4.90 Å². The summed E-state index contributed by atoms with van der Waals surface area (Å²) in [5.41, 5.74) is 0.806. The van der Waals surface area contributed by atoms with Crippen molar-refractivity contribution in [3.05, 3.63) is 33.9 Å². The summed E-state index contributed by atoms with van der Waals surface area (Å²) in [4.78, 5) is 14.7. The molecule has 1 aromatic rings. The van der Waals surface area contributed by atoms with Gasteiger partial charge in [-0.3, -0.25) is 10.1 Å². The van der Waals surface area contributed by atoms with Gasteiger partial charge in [-0.15, -0.1) is 0 Å². The lowest BCUT2D eigenvalue weighted by atomic mass is 10.1. The number of benzene rings is 1. The van der Waals surface area contributed by atoms with Crippen LogP contribution in [-0.4, -0.2) is 43.0 Å². The van der Waals surface area contributed by atoms with Crippen LogP contribution in [0.15, 0.2) is 18.2 Å². The third kappa shape index (κ3) is 2.66. The van der Waals surface area contributed by atoms with Gasteiger partial charge in [-0.25, -0.2) is 0 Å². The fraction of sp³-hybridized carbons (Fsp3) is 0.462. The van der Waals surface area contributed by atoms with Crippen LogP contribution in [0.1, 0.15) is 12.0 Å². The van der Waals surface area contributed by atoms with Crippen LogP contribution in [0.3, 0.4) is 0 Å². The topological polar surface area (TPSA) is 73.4 Å². The lowest BCUT2D eigenvalue weighted by Crippen LogP contribution is -2.31. The molecular weight excluding hydrogens is 244 g/mol. The van der Waals surface area contributed by atoms with Gasteiger partial charge in [-0.05, 0) is 32.6 Å². The molecule has 0 bridgehead atoms. The largest absolute Gasteiger partial charge is 0.370 e. The summed E-state index contributed by atoms with van der Waals surface area (Å²) in [6.07, 6.45) is 1.04. The molecule has 6 nitrogen and oxygen atoms in total. The first-order chi connectivity index (χ1) is 9.02. The number of nitriles is 1. The molecule has 1 aliphatic heterocycles. The lowest BCUT2D eigenvalue weighted by Gasteiger charge is -2.21. The van der Waals surface area contributed by atoms with Gasteiger partial charge in [0.05, 0.1) is 4.92 Å². The number of hydrogen-bond acceptors (Lipinski definition) is 5. The normalized spacial score (nSPS) is 18.6. The molecule has 2 rings (SSSR count). The predicted molar refractivity (Wildman–Crippen MR) is 72.1 cm³/mol. The Morgan fingerprint density at radius 1 is 1.53 bits per heavy atom. The number of nitrogens with zero attached hydrogens (tertiary/aromatic N) is 4. The van der Waals surface area contributed by atoms with E-state index in [0.29, 0.717) is 6.04 Å². The zero-order chi connectivity index (χ0) is 14.0. The summed E-state index contributed by atoms with van der Waals surface area (Å²) >= 11 is 0. The molecule has 1 atom stereocenters. The molecule has 0 amide bonds. The standard InChI is InChI=1S/C13H16N4O2/c1-15(2)12-5-6-16(9-12)11-4-3-10(8-14)13(7-11)17(18)19/h3-4,7,12H,5-6,9H2,1-2H3. The molecule has 1 heterocycles. The van der Waals surface area contributed by atoms with Crippen molar-refractivity contribution >= 4 is 11.4 Å². The minimum atomic E-state index is -0.498. The average molecular weight is 260 g/mol. The number of rotatable bonds is 3. The van der Waals surface area contributed by atoms with E-state index in [1.807, 2.05) is 20.2 Å². The van der Waals surface area contributed by atoms with Gasteiger partial charge in [0.2, 0.25) is 0 Å². The molecule has 100 valence electrons. The number of nitro groups is 1. The van der Waals surface area contributed by atoms with Crippen molar-refractivity contribution in [3.8, 4) is 6.07 Å². The summed E-state index contributed by atoms with van der Waals surface area (Å²) < 4.78 is 0. The summed E-state index contributed by atoms with van der Waals surface area (Å²) in [7, 11) is 4.07. The Labute approximate surface area is 112 Å². The van der Waals surface area contributed by atoms with Crippen molar-refractivity contribution in [1.29, 1.82) is 5.26 Å². The third-order valence-electron chi connectivity index (χ3n) is 3.56. The fourth-order valence-electron chi connectivity index (χ4n) is 2.36. The van der Waals surface area contributed by atoms with Gasteiger partial charge >= 0.3 is 0 Å². The molecule has 0 N–H and O–H groups in total. The predicted octanol–water partition coefficient (Wildman–Crippen LogP) is 1.61. The Morgan fingerprint density at radius 2 is 2.26 bits per heavy atom. The Hall–Kier alpha value is -2.13. The van der Waals surface area contributed by atoms with Gasteiger partial charge < -0.3 is 9.80 Å². The van der Waals surface area contributed by atoms with Crippen molar-refractivity contribution in [2.45, 2.75) is 12.5 Å². The lowest BCUT2D eigenvalue weighted by molar-refractivity contribution is -0.385. The molecule has 1 saturated heterocycles. The van der Waals surface area contributed by atoms with Crippen molar-refractivity contribution in [3.63, 3.8) is 0 Å². The molecule has 0 aliphatic carbocycles. The Bertz CT molecular complexity index is 536. The average Bonchev–Trinajstić information content (AvgIpc) is 2.87. The molecule has 1 unspecified atom stereocenters. The van der Waals surface area contributed by atoms with Crippen LogP contribution in [0.2, 0.25) is 0 Å². The molecule has 0 saturated carbocycles. The van der Waals surface area contributed by atoms with E-state index in [4.69, 9.17) is 5.26 Å². The van der Waals surface area contributed by atoms with E-state index in [9.17, 15) is 10.1 Å². The molecule has 1 aromatic carbocycles. The van der Waals surface area contributed by atoms with Gasteiger partial charge in [0.15, 0.2) is 0 Å². The highest BCUT2D eigenvalue weighted by Crippen LogP contribution is 2.28. The van der Waals surface area contributed by atoms with Crippen LogP contribution >= 0.6 is 0 Å². The molecular formula is C13H16N4O2. The highest BCUT2D eigenvalue weighted by molar-refractivity contribution is 5.60. The van der Waals surface area contributed by atoms with Crippen LogP contribution in [-0.2, 0) is 0 Å². The van der Waals surface area contributed by atoms with E-state index in [1.165, 1.54) is 12.1 Å². The highest BCUT2D eigenvalue weighted by Gasteiger charge is 2.25. The van der Waals surface area contributed by atoms with Crippen molar-refractivity contribution in [2.24, 2.45) is 0 Å². The number of nitro benzene ring substituents is 1. The van der Waals surface area contributed by atoms with Crippen LogP contribution in [0.25, 0.3) is 0 Å². The second kappa shape index (κ2) is 5.24. The van der Waals surface area contributed by atoms with Crippen molar-refractivity contribution in [2.75, 3.05) is 32.1 Å². The fourth-order valence-corrected chi connectivity index (χ4v) is 2.36. The number of likely N-dealkylation sites (N-methyl/N-ethyl adjacent to an activating group) is 1. The van der Waals surface area contributed by atoms with Crippen molar-refractivity contribution in [1.82, 2.24) is 4.90 Å². The molecule has 0 radical (unpaired) electrons. The summed E-state index contributed by atoms with van der Waals surface area (Å²) in [6.45, 7) is 1.74. The molecule has 1 fully saturated rings. The molecule has 19 heavy (non-hydrogen) atoms. The van der Waals surface area contributed by atoms with E-state index < -0.39 is 4.92 Å². The Morgan fingerprint density at radius 3 is 2.79 bits per heavy atom. The first kappa shape index (κ1) is 13.3. The van der Waals surface area contributed by atoms with Crippen LogP contribution in [0.5, 0.6) is 0 Å². The zero-order valence-corrected chi connectivity index (χ0v) is 11.0. The van der Waals surface area contributed by atoms with E-state index >= 15 is 0 Å². The van der Waals surface area contributed by atoms with E-state index in [-0.39, 0.29) is 11.3 Å². The quantitative estimate of drug-likeness (QED) is 0.609. The Balaban J connectivity index is 2.25. The van der Waals surface area contributed by atoms with E-state index in [2.05, 4.69) is 9.80 Å².